The Morgan fingerprint density at radius 3 is 2.76 bits per heavy atom. The first kappa shape index (κ1) is 14.5. The molecule has 4 unspecified atom stereocenters. The highest BCUT2D eigenvalue weighted by Crippen LogP contribution is 2.29. The number of benzene rings is 1. The molecular weight excluding hydrogens is 272 g/mol. The number of amides is 1. The van der Waals surface area contributed by atoms with E-state index in [1.54, 1.807) is 0 Å². The van der Waals surface area contributed by atoms with Crippen LogP contribution in [-0.2, 0) is 25.5 Å². The van der Waals surface area contributed by atoms with Gasteiger partial charge in [0.05, 0.1) is 19.3 Å². The zero-order valence-corrected chi connectivity index (χ0v) is 11.7. The van der Waals surface area contributed by atoms with Gasteiger partial charge in [0.2, 0.25) is 5.91 Å². The Morgan fingerprint density at radius 1 is 1.24 bits per heavy atom. The Morgan fingerprint density at radius 2 is 2.00 bits per heavy atom. The van der Waals surface area contributed by atoms with Crippen LogP contribution in [0.15, 0.2) is 30.3 Å². The van der Waals surface area contributed by atoms with E-state index in [4.69, 9.17) is 19.9 Å². The van der Waals surface area contributed by atoms with Crippen molar-refractivity contribution in [2.75, 3.05) is 19.8 Å². The second kappa shape index (κ2) is 6.53. The largest absolute Gasteiger partial charge is 0.371 e. The topological polar surface area (TPSA) is 82.8 Å². The zero-order valence-electron chi connectivity index (χ0n) is 11.7. The van der Waals surface area contributed by atoms with Crippen LogP contribution in [0.1, 0.15) is 5.56 Å². The summed E-state index contributed by atoms with van der Waals surface area (Å²) < 4.78 is 17.0. The third-order valence-corrected chi connectivity index (χ3v) is 3.86. The van der Waals surface area contributed by atoms with Crippen LogP contribution in [-0.4, -0.2) is 50.1 Å². The minimum Gasteiger partial charge on any atom is -0.371 e. The van der Waals surface area contributed by atoms with E-state index >= 15 is 0 Å². The van der Waals surface area contributed by atoms with E-state index in [2.05, 4.69) is 17.4 Å². The molecule has 2 saturated heterocycles. The maximum absolute atomic E-state index is 10.8. The molecule has 0 bridgehead atoms. The predicted molar refractivity (Wildman–Crippen MR) is 75.5 cm³/mol. The SMILES string of the molecule is NC(=O)COC1COC2C(NCc3ccccc3)COC12. The number of hydrogen-bond donors (Lipinski definition) is 2. The van der Waals surface area contributed by atoms with E-state index in [1.807, 2.05) is 18.2 Å². The van der Waals surface area contributed by atoms with Crippen LogP contribution in [0.4, 0.5) is 0 Å². The summed E-state index contributed by atoms with van der Waals surface area (Å²) in [4.78, 5) is 10.8. The van der Waals surface area contributed by atoms with Gasteiger partial charge >= 0.3 is 0 Å². The summed E-state index contributed by atoms with van der Waals surface area (Å²) in [5.74, 6) is -0.477. The Balaban J connectivity index is 1.50. The highest BCUT2D eigenvalue weighted by Gasteiger charge is 2.48. The molecule has 0 aromatic heterocycles. The molecular formula is C15H20N2O4. The van der Waals surface area contributed by atoms with E-state index in [0.29, 0.717) is 13.2 Å². The Labute approximate surface area is 123 Å². The summed E-state index contributed by atoms with van der Waals surface area (Å²) in [5, 5.41) is 3.46. The van der Waals surface area contributed by atoms with Gasteiger partial charge in [0.1, 0.15) is 24.9 Å². The maximum atomic E-state index is 10.8. The van der Waals surface area contributed by atoms with Gasteiger partial charge in [0.25, 0.3) is 0 Å². The Kier molecular flexibility index (Phi) is 4.50. The summed E-state index contributed by atoms with van der Waals surface area (Å²) in [6.45, 7) is 1.70. The molecule has 3 rings (SSSR count). The fraction of sp³-hybridized carbons (Fsp3) is 0.533. The van der Waals surface area contributed by atoms with Crippen molar-refractivity contribution in [2.24, 2.45) is 5.73 Å². The molecule has 3 N–H and O–H groups in total. The highest BCUT2D eigenvalue weighted by molar-refractivity contribution is 5.75. The van der Waals surface area contributed by atoms with Crippen LogP contribution in [0.2, 0.25) is 0 Å². The highest BCUT2D eigenvalue weighted by atomic mass is 16.6. The summed E-state index contributed by atoms with van der Waals surface area (Å²) in [6.07, 6.45) is -0.379. The van der Waals surface area contributed by atoms with E-state index < -0.39 is 5.91 Å². The van der Waals surface area contributed by atoms with Crippen LogP contribution in [0.3, 0.4) is 0 Å². The summed E-state index contributed by atoms with van der Waals surface area (Å²) in [5.41, 5.74) is 6.31. The lowest BCUT2D eigenvalue weighted by molar-refractivity contribution is -0.126. The summed E-state index contributed by atoms with van der Waals surface area (Å²) >= 11 is 0. The smallest absolute Gasteiger partial charge is 0.243 e. The predicted octanol–water partition coefficient (Wildman–Crippen LogP) is -0.187. The minimum absolute atomic E-state index is 0.0356. The van der Waals surface area contributed by atoms with Crippen molar-refractivity contribution in [3.8, 4) is 0 Å². The molecule has 0 aliphatic carbocycles. The number of fused-ring (bicyclic) bond motifs is 1. The van der Waals surface area contributed by atoms with E-state index in [9.17, 15) is 4.79 Å². The summed E-state index contributed by atoms with van der Waals surface area (Å²) in [7, 11) is 0. The second-order valence-corrected chi connectivity index (χ2v) is 5.38. The monoisotopic (exact) mass is 292 g/mol. The number of nitrogens with two attached hydrogens (primary N) is 1. The van der Waals surface area contributed by atoms with Gasteiger partial charge in [0.15, 0.2) is 0 Å². The Bertz CT molecular complexity index is 482. The molecule has 6 nitrogen and oxygen atoms in total. The van der Waals surface area contributed by atoms with E-state index in [-0.39, 0.29) is 31.0 Å². The number of ether oxygens (including phenoxy) is 3. The molecule has 6 heteroatoms. The molecule has 0 spiro atoms. The molecule has 2 aliphatic heterocycles. The van der Waals surface area contributed by atoms with Gasteiger partial charge in [-0.05, 0) is 5.56 Å². The van der Waals surface area contributed by atoms with Gasteiger partial charge in [-0.1, -0.05) is 30.3 Å². The lowest BCUT2D eigenvalue weighted by atomic mass is 10.1. The lowest BCUT2D eigenvalue weighted by Gasteiger charge is -2.17. The first-order valence-corrected chi connectivity index (χ1v) is 7.14. The molecule has 0 saturated carbocycles. The molecule has 21 heavy (non-hydrogen) atoms. The third kappa shape index (κ3) is 3.41. The molecule has 0 radical (unpaired) electrons. The van der Waals surface area contributed by atoms with Gasteiger partial charge in [-0.2, -0.15) is 0 Å². The maximum Gasteiger partial charge on any atom is 0.243 e. The average Bonchev–Trinajstić information content (AvgIpc) is 3.06. The van der Waals surface area contributed by atoms with Crippen LogP contribution < -0.4 is 11.1 Å². The fourth-order valence-corrected chi connectivity index (χ4v) is 2.82. The molecule has 1 aromatic rings. The van der Waals surface area contributed by atoms with Crippen molar-refractivity contribution < 1.29 is 19.0 Å². The van der Waals surface area contributed by atoms with Crippen molar-refractivity contribution in [3.63, 3.8) is 0 Å². The van der Waals surface area contributed by atoms with Crippen LogP contribution in [0.25, 0.3) is 0 Å². The number of nitrogens with one attached hydrogen (secondary N) is 1. The Hall–Kier alpha value is -1.47. The van der Waals surface area contributed by atoms with Gasteiger partial charge in [-0.25, -0.2) is 0 Å². The lowest BCUT2D eigenvalue weighted by Crippen LogP contribution is -2.41. The molecule has 1 amide bonds. The zero-order chi connectivity index (χ0) is 14.7. The third-order valence-electron chi connectivity index (χ3n) is 3.86. The van der Waals surface area contributed by atoms with E-state index in [0.717, 1.165) is 6.54 Å². The number of hydrogen-bond acceptors (Lipinski definition) is 5. The molecule has 2 aliphatic rings. The van der Waals surface area contributed by atoms with E-state index in [1.165, 1.54) is 5.56 Å². The van der Waals surface area contributed by atoms with Crippen molar-refractivity contribution >= 4 is 5.91 Å². The number of primary amides is 1. The number of carbonyl (C=O) groups is 1. The second-order valence-electron chi connectivity index (χ2n) is 5.38. The first-order chi connectivity index (χ1) is 10.2. The molecule has 114 valence electrons. The van der Waals surface area contributed by atoms with Crippen LogP contribution >= 0.6 is 0 Å². The average molecular weight is 292 g/mol. The van der Waals surface area contributed by atoms with Gasteiger partial charge < -0.3 is 25.3 Å². The first-order valence-electron chi connectivity index (χ1n) is 7.14. The molecule has 2 fully saturated rings. The van der Waals surface area contributed by atoms with Crippen LogP contribution in [0.5, 0.6) is 0 Å². The fourth-order valence-electron chi connectivity index (χ4n) is 2.82. The van der Waals surface area contributed by atoms with Crippen molar-refractivity contribution in [1.82, 2.24) is 5.32 Å². The van der Waals surface area contributed by atoms with Gasteiger partial charge in [-0.3, -0.25) is 4.79 Å². The molecule has 4 atom stereocenters. The minimum atomic E-state index is -0.477. The van der Waals surface area contributed by atoms with Crippen molar-refractivity contribution in [2.45, 2.75) is 30.9 Å². The van der Waals surface area contributed by atoms with Crippen molar-refractivity contribution in [1.29, 1.82) is 0 Å². The van der Waals surface area contributed by atoms with Crippen LogP contribution in [0, 0.1) is 0 Å². The number of carbonyl (C=O) groups excluding carboxylic acids is 1. The standard InChI is InChI=1S/C15H20N2O4/c16-13(18)9-19-12-8-21-14-11(7-20-15(12)14)17-6-10-4-2-1-3-5-10/h1-5,11-12,14-15,17H,6-9H2,(H2,16,18). The summed E-state index contributed by atoms with van der Waals surface area (Å²) in [6, 6.07) is 10.3. The quantitative estimate of drug-likeness (QED) is 0.759. The van der Waals surface area contributed by atoms with Gasteiger partial charge in [-0.15, -0.1) is 0 Å². The normalized spacial score (nSPS) is 31.2. The molecule has 2 heterocycles. The number of rotatable bonds is 6. The molecule has 1 aromatic carbocycles. The van der Waals surface area contributed by atoms with Crippen molar-refractivity contribution in [3.05, 3.63) is 35.9 Å². The van der Waals surface area contributed by atoms with Gasteiger partial charge in [0, 0.05) is 6.54 Å².